The lowest BCUT2D eigenvalue weighted by molar-refractivity contribution is -0.127. The fourth-order valence-corrected chi connectivity index (χ4v) is 3.11. The molecule has 2 aliphatic heterocycles. The molecule has 2 aliphatic rings. The Morgan fingerprint density at radius 2 is 2.50 bits per heavy atom. The minimum absolute atomic E-state index is 0.0459. The lowest BCUT2D eigenvalue weighted by Gasteiger charge is -2.33. The number of rotatable bonds is 3. The third-order valence-corrected chi connectivity index (χ3v) is 4.30. The number of carbonyl (C=O) groups is 1. The van der Waals surface area contributed by atoms with E-state index in [1.165, 1.54) is 0 Å². The van der Waals surface area contributed by atoms with E-state index in [9.17, 15) is 4.79 Å². The number of ether oxygens (including phenoxy) is 1. The lowest BCUT2D eigenvalue weighted by atomic mass is 9.91. The summed E-state index contributed by atoms with van der Waals surface area (Å²) in [4.78, 5) is 18.6. The van der Waals surface area contributed by atoms with Crippen LogP contribution in [0.2, 0.25) is 0 Å². The third-order valence-electron chi connectivity index (χ3n) is 4.30. The molecule has 1 aromatic heterocycles. The molecule has 3 rings (SSSR count). The van der Waals surface area contributed by atoms with Crippen LogP contribution in [0.25, 0.3) is 0 Å². The van der Waals surface area contributed by atoms with Crippen molar-refractivity contribution in [3.05, 3.63) is 24.5 Å². The predicted octanol–water partition coefficient (Wildman–Crippen LogP) is 1.52. The molecule has 0 aromatic carbocycles. The van der Waals surface area contributed by atoms with E-state index in [1.807, 2.05) is 12.1 Å². The molecule has 5 heteroatoms. The summed E-state index contributed by atoms with van der Waals surface area (Å²) in [5.74, 6) is 0.484. The first-order chi connectivity index (χ1) is 9.76. The number of carbonyl (C=O) groups excluding carboxylic acids is 1. The van der Waals surface area contributed by atoms with Crippen LogP contribution in [0.5, 0.6) is 0 Å². The average Bonchev–Trinajstić information content (AvgIpc) is 2.91. The number of fused-ring (bicyclic) bond motifs is 1. The van der Waals surface area contributed by atoms with Gasteiger partial charge in [-0.3, -0.25) is 9.78 Å². The smallest absolute Gasteiger partial charge is 0.253 e. The predicted molar refractivity (Wildman–Crippen MR) is 76.4 cm³/mol. The number of nitrogens with zero attached hydrogens (tertiary/aromatic N) is 2. The van der Waals surface area contributed by atoms with Crippen molar-refractivity contribution in [3.63, 3.8) is 0 Å². The van der Waals surface area contributed by atoms with Gasteiger partial charge in [0.05, 0.1) is 18.0 Å². The number of pyridine rings is 1. The molecule has 108 valence electrons. The normalized spacial score (nSPS) is 29.9. The van der Waals surface area contributed by atoms with Gasteiger partial charge in [-0.1, -0.05) is 6.92 Å². The van der Waals surface area contributed by atoms with Crippen molar-refractivity contribution in [3.8, 4) is 0 Å². The Balaban J connectivity index is 1.58. The minimum Gasteiger partial charge on any atom is -0.364 e. The van der Waals surface area contributed by atoms with E-state index in [0.717, 1.165) is 38.2 Å². The van der Waals surface area contributed by atoms with Crippen LogP contribution in [0.4, 0.5) is 5.69 Å². The summed E-state index contributed by atoms with van der Waals surface area (Å²) in [7, 11) is 0. The molecule has 0 saturated carbocycles. The zero-order valence-corrected chi connectivity index (χ0v) is 11.8. The van der Waals surface area contributed by atoms with Gasteiger partial charge in [0, 0.05) is 12.7 Å². The van der Waals surface area contributed by atoms with Gasteiger partial charge in [0.2, 0.25) is 0 Å². The maximum absolute atomic E-state index is 12.2. The maximum atomic E-state index is 12.2. The fourth-order valence-electron chi connectivity index (χ4n) is 3.11. The Morgan fingerprint density at radius 1 is 1.60 bits per heavy atom. The number of aromatic nitrogens is 1. The highest BCUT2D eigenvalue weighted by Gasteiger charge is 2.41. The molecule has 0 bridgehead atoms. The molecule has 0 radical (unpaired) electrons. The average molecular weight is 275 g/mol. The highest BCUT2D eigenvalue weighted by atomic mass is 16.5. The van der Waals surface area contributed by atoms with Crippen molar-refractivity contribution in [1.29, 1.82) is 0 Å². The standard InChI is InChI=1S/C15H21N3O2/c1-2-18-7-5-11-8-13(20-14(11)10-18)15(19)17-12-4-3-6-16-9-12/h3-4,6,9,11,13-14H,2,5,7-8,10H2,1H3,(H,17,19)/t11-,13+,14+/m0/s1. The Morgan fingerprint density at radius 3 is 3.25 bits per heavy atom. The summed E-state index contributed by atoms with van der Waals surface area (Å²) < 4.78 is 5.96. The SMILES string of the molecule is CCN1CC[C@H]2C[C@H](C(=O)Nc3cccnc3)O[C@@H]2C1. The van der Waals surface area contributed by atoms with Crippen LogP contribution in [0.1, 0.15) is 19.8 Å². The van der Waals surface area contributed by atoms with Crippen molar-refractivity contribution in [2.24, 2.45) is 5.92 Å². The van der Waals surface area contributed by atoms with E-state index < -0.39 is 0 Å². The quantitative estimate of drug-likeness (QED) is 0.908. The van der Waals surface area contributed by atoms with Crippen LogP contribution >= 0.6 is 0 Å². The van der Waals surface area contributed by atoms with Crippen LogP contribution < -0.4 is 5.32 Å². The number of hydrogen-bond acceptors (Lipinski definition) is 4. The van der Waals surface area contributed by atoms with E-state index in [4.69, 9.17) is 4.74 Å². The molecule has 5 nitrogen and oxygen atoms in total. The van der Waals surface area contributed by atoms with Gasteiger partial charge in [0.25, 0.3) is 5.91 Å². The van der Waals surface area contributed by atoms with E-state index >= 15 is 0 Å². The molecular formula is C15H21N3O2. The molecule has 3 heterocycles. The van der Waals surface area contributed by atoms with Gasteiger partial charge in [-0.15, -0.1) is 0 Å². The molecule has 0 unspecified atom stereocenters. The van der Waals surface area contributed by atoms with Gasteiger partial charge < -0.3 is 15.0 Å². The Labute approximate surface area is 119 Å². The van der Waals surface area contributed by atoms with Gasteiger partial charge in [0.15, 0.2) is 0 Å². The second-order valence-electron chi connectivity index (χ2n) is 5.57. The van der Waals surface area contributed by atoms with E-state index in [-0.39, 0.29) is 18.1 Å². The van der Waals surface area contributed by atoms with Gasteiger partial charge >= 0.3 is 0 Å². The van der Waals surface area contributed by atoms with Crippen LogP contribution in [0.15, 0.2) is 24.5 Å². The molecule has 1 amide bonds. The third kappa shape index (κ3) is 2.83. The molecule has 0 spiro atoms. The zero-order valence-electron chi connectivity index (χ0n) is 11.8. The Kier molecular flexibility index (Phi) is 3.98. The van der Waals surface area contributed by atoms with Crippen LogP contribution in [-0.4, -0.2) is 47.6 Å². The summed E-state index contributed by atoms with van der Waals surface area (Å²) in [5.41, 5.74) is 0.728. The summed E-state index contributed by atoms with van der Waals surface area (Å²) >= 11 is 0. The fraction of sp³-hybridized carbons (Fsp3) is 0.600. The Bertz CT molecular complexity index is 465. The molecule has 1 N–H and O–H groups in total. The molecular weight excluding hydrogens is 254 g/mol. The first-order valence-corrected chi connectivity index (χ1v) is 7.35. The molecule has 2 fully saturated rings. The first kappa shape index (κ1) is 13.5. The molecule has 2 saturated heterocycles. The lowest BCUT2D eigenvalue weighted by Crippen LogP contribution is -2.42. The van der Waals surface area contributed by atoms with Gasteiger partial charge in [-0.2, -0.15) is 0 Å². The number of likely N-dealkylation sites (N-methyl/N-ethyl adjacent to an activating group) is 1. The molecule has 1 aromatic rings. The Hall–Kier alpha value is -1.46. The van der Waals surface area contributed by atoms with Crippen molar-refractivity contribution < 1.29 is 9.53 Å². The van der Waals surface area contributed by atoms with Gasteiger partial charge in [-0.25, -0.2) is 0 Å². The summed E-state index contributed by atoms with van der Waals surface area (Å²) in [6, 6.07) is 3.65. The van der Waals surface area contributed by atoms with Gasteiger partial charge in [-0.05, 0) is 44.0 Å². The van der Waals surface area contributed by atoms with E-state index in [1.54, 1.807) is 12.4 Å². The number of piperidine rings is 1. The number of hydrogen-bond donors (Lipinski definition) is 1. The van der Waals surface area contributed by atoms with Crippen molar-refractivity contribution in [2.45, 2.75) is 32.0 Å². The highest BCUT2D eigenvalue weighted by molar-refractivity contribution is 5.94. The molecule has 20 heavy (non-hydrogen) atoms. The number of anilines is 1. The van der Waals surface area contributed by atoms with Crippen molar-refractivity contribution in [2.75, 3.05) is 25.0 Å². The second-order valence-corrected chi connectivity index (χ2v) is 5.57. The number of amides is 1. The summed E-state index contributed by atoms with van der Waals surface area (Å²) in [6.07, 6.45) is 5.22. The summed E-state index contributed by atoms with van der Waals surface area (Å²) in [6.45, 7) is 5.30. The molecule has 3 atom stereocenters. The summed E-state index contributed by atoms with van der Waals surface area (Å²) in [5, 5.41) is 2.88. The first-order valence-electron chi connectivity index (χ1n) is 7.35. The van der Waals surface area contributed by atoms with Crippen molar-refractivity contribution >= 4 is 11.6 Å². The van der Waals surface area contributed by atoms with Crippen LogP contribution in [0, 0.1) is 5.92 Å². The molecule has 0 aliphatic carbocycles. The monoisotopic (exact) mass is 275 g/mol. The van der Waals surface area contributed by atoms with Crippen LogP contribution in [-0.2, 0) is 9.53 Å². The zero-order chi connectivity index (χ0) is 13.9. The minimum atomic E-state index is -0.318. The van der Waals surface area contributed by atoms with E-state index in [0.29, 0.717) is 5.92 Å². The van der Waals surface area contributed by atoms with Crippen molar-refractivity contribution in [1.82, 2.24) is 9.88 Å². The largest absolute Gasteiger partial charge is 0.364 e. The number of likely N-dealkylation sites (tertiary alicyclic amines) is 1. The van der Waals surface area contributed by atoms with Crippen LogP contribution in [0.3, 0.4) is 0 Å². The van der Waals surface area contributed by atoms with Gasteiger partial charge in [0.1, 0.15) is 6.10 Å². The topological polar surface area (TPSA) is 54.5 Å². The number of nitrogens with one attached hydrogen (secondary N) is 1. The van der Waals surface area contributed by atoms with E-state index in [2.05, 4.69) is 22.1 Å². The maximum Gasteiger partial charge on any atom is 0.253 e. The highest BCUT2D eigenvalue weighted by Crippen LogP contribution is 2.33. The second kappa shape index (κ2) is 5.89.